The number of hydrogen-bond donors (Lipinski definition) is 4. The molecule has 1 aliphatic heterocycles. The number of rotatable bonds is 3. The zero-order valence-corrected chi connectivity index (χ0v) is 10.6. The van der Waals surface area contributed by atoms with Crippen LogP contribution in [0.3, 0.4) is 0 Å². The Kier molecular flexibility index (Phi) is 3.57. The minimum Gasteiger partial charge on any atom is -0.409 e. The summed E-state index contributed by atoms with van der Waals surface area (Å²) in [6, 6.07) is 0. The highest BCUT2D eigenvalue weighted by molar-refractivity contribution is 7.46. The fourth-order valence-electron chi connectivity index (χ4n) is 1.63. The van der Waals surface area contributed by atoms with Crippen molar-refractivity contribution in [1.82, 2.24) is 10.3 Å². The fourth-order valence-corrected chi connectivity index (χ4v) is 1.92. The Bertz CT molecular complexity index is 570. The van der Waals surface area contributed by atoms with Crippen LogP contribution in [0.5, 0.6) is 5.75 Å². The van der Waals surface area contributed by atoms with Gasteiger partial charge >= 0.3 is 13.9 Å². The number of phosphoric ester groups is 1. The van der Waals surface area contributed by atoms with Crippen LogP contribution in [-0.2, 0) is 15.7 Å². The number of nitrogens with zero attached hydrogens (tertiary/aromatic N) is 1. The number of fused-ring (bicyclic) bond motifs is 1. The Labute approximate surface area is 107 Å². The molecular weight excluding hydrogens is 279 g/mol. The van der Waals surface area contributed by atoms with E-state index >= 15 is 0 Å². The average molecular weight is 290 g/mol. The summed E-state index contributed by atoms with van der Waals surface area (Å²) in [6.45, 7) is 1.09. The maximum atomic E-state index is 11.1. The van der Waals surface area contributed by atoms with Crippen LogP contribution in [0.4, 0.5) is 4.79 Å². The molecule has 1 amide bonds. The summed E-state index contributed by atoms with van der Waals surface area (Å²) in [4.78, 5) is 32.3. The average Bonchev–Trinajstić information content (AvgIpc) is 2.27. The molecule has 0 aliphatic carbocycles. The lowest BCUT2D eigenvalue weighted by atomic mass is 10.1. The molecule has 0 fully saturated rings. The van der Waals surface area contributed by atoms with Gasteiger partial charge in [0.2, 0.25) is 0 Å². The van der Waals surface area contributed by atoms with Gasteiger partial charge in [0, 0.05) is 11.8 Å². The standard InChI is InChI=1S/C9H11N2O7P/c1-4-2-10-5(3-17-19(14,15)16)6-7(4)18-9(13)11-8(6)12/h2,8,12H,3H2,1H3,(H,11,13)(H2,14,15,16). The molecular formula is C9H11N2O7P. The van der Waals surface area contributed by atoms with Gasteiger partial charge in [-0.3, -0.25) is 14.8 Å². The first kappa shape index (κ1) is 13.9. The first-order chi connectivity index (χ1) is 8.78. The van der Waals surface area contributed by atoms with E-state index in [2.05, 4.69) is 14.8 Å². The number of aliphatic hydroxyl groups is 1. The minimum atomic E-state index is -4.66. The van der Waals surface area contributed by atoms with E-state index in [4.69, 9.17) is 14.5 Å². The Morgan fingerprint density at radius 3 is 2.89 bits per heavy atom. The molecule has 0 saturated carbocycles. The molecule has 104 valence electrons. The van der Waals surface area contributed by atoms with E-state index in [9.17, 15) is 14.5 Å². The number of ether oxygens (including phenoxy) is 1. The predicted octanol–water partition coefficient (Wildman–Crippen LogP) is 0.0922. The molecule has 1 unspecified atom stereocenters. The smallest absolute Gasteiger partial charge is 0.409 e. The highest BCUT2D eigenvalue weighted by Gasteiger charge is 2.30. The SMILES string of the molecule is Cc1cnc(COP(=O)(O)O)c2c1OC(=O)NC2O. The summed E-state index contributed by atoms with van der Waals surface area (Å²) in [7, 11) is -4.66. The van der Waals surface area contributed by atoms with Crippen LogP contribution < -0.4 is 10.1 Å². The molecule has 2 heterocycles. The predicted molar refractivity (Wildman–Crippen MR) is 59.9 cm³/mol. The van der Waals surface area contributed by atoms with Crippen molar-refractivity contribution in [3.63, 3.8) is 0 Å². The molecule has 1 aliphatic rings. The van der Waals surface area contributed by atoms with Crippen LogP contribution in [-0.4, -0.2) is 26.0 Å². The van der Waals surface area contributed by atoms with E-state index in [0.29, 0.717) is 5.56 Å². The molecule has 1 atom stereocenters. The lowest BCUT2D eigenvalue weighted by Gasteiger charge is -2.25. The third-order valence-electron chi connectivity index (χ3n) is 2.42. The van der Waals surface area contributed by atoms with E-state index in [1.54, 1.807) is 6.92 Å². The van der Waals surface area contributed by atoms with Gasteiger partial charge in [-0.25, -0.2) is 9.36 Å². The van der Waals surface area contributed by atoms with Crippen molar-refractivity contribution >= 4 is 13.9 Å². The lowest BCUT2D eigenvalue weighted by molar-refractivity contribution is 0.104. The normalized spacial score (nSPS) is 18.5. The summed E-state index contributed by atoms with van der Waals surface area (Å²) in [5.74, 6) is 0.107. The quantitative estimate of drug-likeness (QED) is 0.574. The molecule has 0 aromatic carbocycles. The molecule has 19 heavy (non-hydrogen) atoms. The third-order valence-corrected chi connectivity index (χ3v) is 2.89. The number of phosphoric acid groups is 1. The molecule has 10 heteroatoms. The van der Waals surface area contributed by atoms with E-state index in [1.165, 1.54) is 6.20 Å². The Hall–Kier alpha value is -1.51. The number of amides is 1. The van der Waals surface area contributed by atoms with Gasteiger partial charge in [0.1, 0.15) is 12.4 Å². The van der Waals surface area contributed by atoms with Crippen LogP contribution in [0.15, 0.2) is 6.20 Å². The van der Waals surface area contributed by atoms with Gasteiger partial charge in [-0.2, -0.15) is 0 Å². The lowest BCUT2D eigenvalue weighted by Crippen LogP contribution is -2.37. The van der Waals surface area contributed by atoms with E-state index < -0.39 is 26.8 Å². The highest BCUT2D eigenvalue weighted by atomic mass is 31.2. The van der Waals surface area contributed by atoms with Gasteiger partial charge in [0.15, 0.2) is 6.23 Å². The Morgan fingerprint density at radius 2 is 2.26 bits per heavy atom. The van der Waals surface area contributed by atoms with E-state index in [1.807, 2.05) is 0 Å². The van der Waals surface area contributed by atoms with Crippen molar-refractivity contribution in [3.05, 3.63) is 23.0 Å². The molecule has 1 aromatic rings. The summed E-state index contributed by atoms with van der Waals surface area (Å²) in [5, 5.41) is 11.9. The van der Waals surface area contributed by atoms with E-state index in [-0.39, 0.29) is 17.0 Å². The molecule has 0 spiro atoms. The monoisotopic (exact) mass is 290 g/mol. The van der Waals surface area contributed by atoms with Crippen LogP contribution in [0.25, 0.3) is 0 Å². The van der Waals surface area contributed by atoms with Crippen molar-refractivity contribution in [2.45, 2.75) is 19.8 Å². The molecule has 0 saturated heterocycles. The Morgan fingerprint density at radius 1 is 1.58 bits per heavy atom. The van der Waals surface area contributed by atoms with Gasteiger partial charge in [-0.15, -0.1) is 0 Å². The van der Waals surface area contributed by atoms with Crippen molar-refractivity contribution in [2.75, 3.05) is 0 Å². The highest BCUT2D eigenvalue weighted by Crippen LogP contribution is 2.39. The summed E-state index contributed by atoms with van der Waals surface area (Å²) in [6.07, 6.45) is -0.849. The number of pyridine rings is 1. The second-order valence-electron chi connectivity index (χ2n) is 3.83. The number of carbonyl (C=O) groups is 1. The summed E-state index contributed by atoms with van der Waals surface area (Å²) < 4.78 is 19.9. The summed E-state index contributed by atoms with van der Waals surface area (Å²) >= 11 is 0. The topological polar surface area (TPSA) is 138 Å². The maximum Gasteiger partial charge on any atom is 0.469 e. The maximum absolute atomic E-state index is 11.1. The Balaban J connectivity index is 2.39. The number of carbonyl (C=O) groups excluding carboxylic acids is 1. The zero-order chi connectivity index (χ0) is 14.2. The third kappa shape index (κ3) is 3.09. The van der Waals surface area contributed by atoms with Crippen molar-refractivity contribution in [2.24, 2.45) is 0 Å². The van der Waals surface area contributed by atoms with Gasteiger partial charge in [-0.05, 0) is 6.92 Å². The zero-order valence-electron chi connectivity index (χ0n) is 9.73. The van der Waals surface area contributed by atoms with Crippen molar-refractivity contribution in [3.8, 4) is 5.75 Å². The fraction of sp³-hybridized carbons (Fsp3) is 0.333. The number of aliphatic hydroxyl groups excluding tert-OH is 1. The second-order valence-corrected chi connectivity index (χ2v) is 5.07. The van der Waals surface area contributed by atoms with Crippen LogP contribution >= 0.6 is 7.82 Å². The molecule has 2 rings (SSSR count). The molecule has 4 N–H and O–H groups in total. The number of aryl methyl sites for hydroxylation is 1. The van der Waals surface area contributed by atoms with Crippen molar-refractivity contribution < 1.29 is 33.5 Å². The van der Waals surface area contributed by atoms with E-state index in [0.717, 1.165) is 0 Å². The second kappa shape index (κ2) is 4.87. The van der Waals surface area contributed by atoms with Gasteiger partial charge < -0.3 is 19.6 Å². The summed E-state index contributed by atoms with van der Waals surface area (Å²) in [5.41, 5.74) is 0.688. The molecule has 0 bridgehead atoms. The number of nitrogens with one attached hydrogen (secondary N) is 1. The molecule has 9 nitrogen and oxygen atoms in total. The van der Waals surface area contributed by atoms with Crippen LogP contribution in [0.2, 0.25) is 0 Å². The molecule has 1 aromatic heterocycles. The number of hydrogen-bond acceptors (Lipinski definition) is 6. The molecule has 0 radical (unpaired) electrons. The van der Waals surface area contributed by atoms with Gasteiger partial charge in [0.05, 0.1) is 11.3 Å². The first-order valence-electron chi connectivity index (χ1n) is 5.13. The largest absolute Gasteiger partial charge is 0.469 e. The number of aromatic nitrogens is 1. The minimum absolute atomic E-state index is 0.0661. The van der Waals surface area contributed by atoms with Gasteiger partial charge in [-0.1, -0.05) is 0 Å². The van der Waals surface area contributed by atoms with Crippen molar-refractivity contribution in [1.29, 1.82) is 0 Å². The van der Waals surface area contributed by atoms with Gasteiger partial charge in [0.25, 0.3) is 0 Å². The first-order valence-corrected chi connectivity index (χ1v) is 6.66. The van der Waals surface area contributed by atoms with Crippen LogP contribution in [0.1, 0.15) is 23.0 Å². The van der Waals surface area contributed by atoms with Crippen LogP contribution in [0, 0.1) is 6.92 Å².